The van der Waals surface area contributed by atoms with Crippen LogP contribution in [0, 0.1) is 0 Å². The van der Waals surface area contributed by atoms with Crippen LogP contribution in [0.4, 0.5) is 0 Å². The number of nitrogens with one attached hydrogen (secondary N) is 1. The average molecular weight is 275 g/mol. The van der Waals surface area contributed by atoms with E-state index in [1.807, 2.05) is 32.4 Å². The standard InChI is InChI=1S/C16H25N3O/c1-19(2)15(20)16(10-4-6-13-18-16)11-7-9-14-8-3-5-12-17-14/h3,5,8,12,18H,4,6-7,9-11,13H2,1-2H3/t16-/m0/s1. The quantitative estimate of drug-likeness (QED) is 0.894. The number of rotatable bonds is 5. The molecule has 2 heterocycles. The van der Waals surface area contributed by atoms with Gasteiger partial charge in [-0.25, -0.2) is 0 Å². The van der Waals surface area contributed by atoms with Gasteiger partial charge in [0.2, 0.25) is 5.91 Å². The second kappa shape index (κ2) is 6.84. The molecule has 0 aliphatic carbocycles. The highest BCUT2D eigenvalue weighted by molar-refractivity contribution is 5.86. The molecule has 1 saturated heterocycles. The summed E-state index contributed by atoms with van der Waals surface area (Å²) in [5.41, 5.74) is 0.757. The molecule has 0 radical (unpaired) electrons. The molecule has 110 valence electrons. The van der Waals surface area contributed by atoms with Gasteiger partial charge in [0.05, 0.1) is 5.54 Å². The second-order valence-electron chi connectivity index (χ2n) is 5.84. The summed E-state index contributed by atoms with van der Waals surface area (Å²) in [6, 6.07) is 6.00. The Morgan fingerprint density at radius 1 is 1.40 bits per heavy atom. The Bertz CT molecular complexity index is 425. The highest BCUT2D eigenvalue weighted by atomic mass is 16.2. The molecular formula is C16H25N3O. The molecule has 1 N–H and O–H groups in total. The number of pyridine rings is 1. The number of amides is 1. The van der Waals surface area contributed by atoms with Crippen LogP contribution in [0.15, 0.2) is 24.4 Å². The second-order valence-corrected chi connectivity index (χ2v) is 5.84. The minimum Gasteiger partial charge on any atom is -0.347 e. The van der Waals surface area contributed by atoms with Crippen LogP contribution < -0.4 is 5.32 Å². The van der Waals surface area contributed by atoms with E-state index in [9.17, 15) is 4.79 Å². The van der Waals surface area contributed by atoms with Gasteiger partial charge in [-0.3, -0.25) is 9.78 Å². The van der Waals surface area contributed by atoms with Crippen molar-refractivity contribution in [1.82, 2.24) is 15.2 Å². The van der Waals surface area contributed by atoms with Gasteiger partial charge in [0.15, 0.2) is 0 Å². The molecule has 4 heteroatoms. The maximum absolute atomic E-state index is 12.5. The summed E-state index contributed by atoms with van der Waals surface area (Å²) in [4.78, 5) is 18.6. The summed E-state index contributed by atoms with van der Waals surface area (Å²) in [6.07, 6.45) is 7.90. The molecule has 0 bridgehead atoms. The predicted molar refractivity (Wildman–Crippen MR) is 80.5 cm³/mol. The fourth-order valence-corrected chi connectivity index (χ4v) is 3.02. The van der Waals surface area contributed by atoms with E-state index in [4.69, 9.17) is 0 Å². The van der Waals surface area contributed by atoms with Crippen LogP contribution in [0.3, 0.4) is 0 Å². The molecule has 1 atom stereocenters. The summed E-state index contributed by atoms with van der Waals surface area (Å²) in [5.74, 6) is 0.221. The number of carbonyl (C=O) groups excluding carboxylic acids is 1. The molecule has 1 amide bonds. The van der Waals surface area contributed by atoms with Crippen LogP contribution in [0.1, 0.15) is 37.8 Å². The van der Waals surface area contributed by atoms with Gasteiger partial charge in [-0.2, -0.15) is 0 Å². The van der Waals surface area contributed by atoms with Gasteiger partial charge in [-0.05, 0) is 57.2 Å². The first-order chi connectivity index (χ1) is 9.64. The lowest BCUT2D eigenvalue weighted by Gasteiger charge is -2.39. The van der Waals surface area contributed by atoms with Gasteiger partial charge in [0.25, 0.3) is 0 Å². The lowest BCUT2D eigenvalue weighted by atomic mass is 9.83. The third kappa shape index (κ3) is 3.57. The molecule has 1 aliphatic rings. The van der Waals surface area contributed by atoms with Crippen LogP contribution in [-0.2, 0) is 11.2 Å². The van der Waals surface area contributed by atoms with Crippen molar-refractivity contribution in [2.45, 2.75) is 44.1 Å². The molecule has 1 fully saturated rings. The third-order valence-electron chi connectivity index (χ3n) is 4.07. The molecule has 0 saturated carbocycles. The summed E-state index contributed by atoms with van der Waals surface area (Å²) < 4.78 is 0. The number of piperidine rings is 1. The van der Waals surface area contributed by atoms with Crippen molar-refractivity contribution in [3.8, 4) is 0 Å². The van der Waals surface area contributed by atoms with E-state index in [0.717, 1.165) is 44.3 Å². The minimum atomic E-state index is -0.351. The number of aryl methyl sites for hydroxylation is 1. The topological polar surface area (TPSA) is 45.2 Å². The van der Waals surface area contributed by atoms with Gasteiger partial charge >= 0.3 is 0 Å². The van der Waals surface area contributed by atoms with Gasteiger partial charge < -0.3 is 10.2 Å². The average Bonchev–Trinajstić information content (AvgIpc) is 2.48. The fraction of sp³-hybridized carbons (Fsp3) is 0.625. The monoisotopic (exact) mass is 275 g/mol. The van der Waals surface area contributed by atoms with Crippen molar-refractivity contribution in [1.29, 1.82) is 0 Å². The molecular weight excluding hydrogens is 250 g/mol. The molecule has 20 heavy (non-hydrogen) atoms. The normalized spacial score (nSPS) is 22.5. The zero-order chi connectivity index (χ0) is 14.4. The number of carbonyl (C=O) groups is 1. The molecule has 1 aromatic rings. The van der Waals surface area contributed by atoms with E-state index < -0.39 is 0 Å². The Morgan fingerprint density at radius 2 is 2.25 bits per heavy atom. The molecule has 0 unspecified atom stereocenters. The molecule has 1 aliphatic heterocycles. The molecule has 0 spiro atoms. The van der Waals surface area contributed by atoms with Crippen molar-refractivity contribution in [2.24, 2.45) is 0 Å². The SMILES string of the molecule is CN(C)C(=O)[C@@]1(CCCc2ccccn2)CCCCN1. The Hall–Kier alpha value is -1.42. The van der Waals surface area contributed by atoms with Crippen LogP contribution >= 0.6 is 0 Å². The van der Waals surface area contributed by atoms with Crippen LogP contribution in [0.25, 0.3) is 0 Å². The van der Waals surface area contributed by atoms with Gasteiger partial charge in [0, 0.05) is 26.0 Å². The van der Waals surface area contributed by atoms with E-state index in [1.165, 1.54) is 6.42 Å². The number of hydrogen-bond donors (Lipinski definition) is 1. The van der Waals surface area contributed by atoms with Crippen molar-refractivity contribution in [3.63, 3.8) is 0 Å². The molecule has 2 rings (SSSR count). The predicted octanol–water partition coefficient (Wildman–Crippen LogP) is 2.00. The van der Waals surface area contributed by atoms with Crippen LogP contribution in [-0.4, -0.2) is 42.0 Å². The van der Waals surface area contributed by atoms with Gasteiger partial charge in [-0.15, -0.1) is 0 Å². The van der Waals surface area contributed by atoms with E-state index in [1.54, 1.807) is 4.90 Å². The van der Waals surface area contributed by atoms with E-state index in [2.05, 4.69) is 16.4 Å². The van der Waals surface area contributed by atoms with Crippen molar-refractivity contribution in [3.05, 3.63) is 30.1 Å². The zero-order valence-corrected chi connectivity index (χ0v) is 12.6. The maximum atomic E-state index is 12.5. The molecule has 1 aromatic heterocycles. The maximum Gasteiger partial charge on any atom is 0.242 e. The Balaban J connectivity index is 1.96. The zero-order valence-electron chi connectivity index (χ0n) is 12.6. The molecule has 0 aromatic carbocycles. The lowest BCUT2D eigenvalue weighted by Crippen LogP contribution is -2.58. The first kappa shape index (κ1) is 15.0. The number of aromatic nitrogens is 1. The first-order valence-electron chi connectivity index (χ1n) is 7.51. The number of hydrogen-bond acceptors (Lipinski definition) is 3. The van der Waals surface area contributed by atoms with Crippen molar-refractivity contribution >= 4 is 5.91 Å². The summed E-state index contributed by atoms with van der Waals surface area (Å²) >= 11 is 0. The number of nitrogens with zero attached hydrogens (tertiary/aromatic N) is 2. The van der Waals surface area contributed by atoms with Crippen molar-refractivity contribution < 1.29 is 4.79 Å². The Kier molecular flexibility index (Phi) is 5.12. The number of likely N-dealkylation sites (N-methyl/N-ethyl adjacent to an activating group) is 1. The summed E-state index contributed by atoms with van der Waals surface area (Å²) in [6.45, 7) is 0.948. The van der Waals surface area contributed by atoms with Crippen LogP contribution in [0.2, 0.25) is 0 Å². The summed E-state index contributed by atoms with van der Waals surface area (Å²) in [7, 11) is 3.69. The highest BCUT2D eigenvalue weighted by Gasteiger charge is 2.39. The molecule has 4 nitrogen and oxygen atoms in total. The third-order valence-corrected chi connectivity index (χ3v) is 4.07. The first-order valence-corrected chi connectivity index (χ1v) is 7.51. The fourth-order valence-electron chi connectivity index (χ4n) is 3.02. The summed E-state index contributed by atoms with van der Waals surface area (Å²) in [5, 5.41) is 3.49. The Morgan fingerprint density at radius 3 is 2.85 bits per heavy atom. The van der Waals surface area contributed by atoms with E-state index in [0.29, 0.717) is 0 Å². The van der Waals surface area contributed by atoms with E-state index in [-0.39, 0.29) is 11.4 Å². The minimum absolute atomic E-state index is 0.221. The van der Waals surface area contributed by atoms with E-state index >= 15 is 0 Å². The lowest BCUT2D eigenvalue weighted by molar-refractivity contribution is -0.137. The van der Waals surface area contributed by atoms with Gasteiger partial charge in [0.1, 0.15) is 0 Å². The smallest absolute Gasteiger partial charge is 0.242 e. The Labute approximate surface area is 121 Å². The highest BCUT2D eigenvalue weighted by Crippen LogP contribution is 2.27. The van der Waals surface area contributed by atoms with Crippen LogP contribution in [0.5, 0.6) is 0 Å². The van der Waals surface area contributed by atoms with Gasteiger partial charge in [-0.1, -0.05) is 6.07 Å². The largest absolute Gasteiger partial charge is 0.347 e. The van der Waals surface area contributed by atoms with Crippen molar-refractivity contribution in [2.75, 3.05) is 20.6 Å².